The van der Waals surface area contributed by atoms with Crippen molar-refractivity contribution in [1.29, 1.82) is 0 Å². The van der Waals surface area contributed by atoms with E-state index in [1.54, 1.807) is 17.7 Å². The number of hydrogen-bond acceptors (Lipinski definition) is 7. The summed E-state index contributed by atoms with van der Waals surface area (Å²) in [6, 6.07) is 0.641. The first-order chi connectivity index (χ1) is 13.5. The molecule has 8 heteroatoms. The molecule has 7 nitrogen and oxygen atoms in total. The lowest BCUT2D eigenvalue weighted by Crippen LogP contribution is -2.35. The van der Waals surface area contributed by atoms with E-state index in [4.69, 9.17) is 15.2 Å². The molecule has 2 heterocycles. The van der Waals surface area contributed by atoms with Gasteiger partial charge in [0.25, 0.3) is 0 Å². The smallest absolute Gasteiger partial charge is 0.243 e. The molecule has 1 amide bonds. The molecule has 1 saturated carbocycles. The topological polar surface area (TPSA) is 90.6 Å². The van der Waals surface area contributed by atoms with Crippen LogP contribution in [0.1, 0.15) is 48.5 Å². The van der Waals surface area contributed by atoms with Gasteiger partial charge >= 0.3 is 0 Å². The number of nitrogens with two attached hydrogens (primary N) is 1. The zero-order valence-electron chi connectivity index (χ0n) is 16.5. The second-order valence-corrected chi connectivity index (χ2v) is 9.11. The number of amides is 1. The van der Waals surface area contributed by atoms with Crippen LogP contribution in [0, 0.1) is 0 Å². The number of hydrogen-bond donors (Lipinski definition) is 1. The fourth-order valence-electron chi connectivity index (χ4n) is 4.44. The van der Waals surface area contributed by atoms with E-state index in [9.17, 15) is 4.79 Å². The Morgan fingerprint density at radius 1 is 1.25 bits per heavy atom. The number of carbonyl (C=O) groups is 1. The van der Waals surface area contributed by atoms with Crippen molar-refractivity contribution in [2.45, 2.75) is 56.6 Å². The van der Waals surface area contributed by atoms with Crippen LogP contribution in [0.5, 0.6) is 5.88 Å². The summed E-state index contributed by atoms with van der Waals surface area (Å²) in [5.74, 6) is 0.507. The first kappa shape index (κ1) is 19.5. The number of thiophene rings is 1. The molecular formula is C20H28N4O3S. The fourth-order valence-corrected chi connectivity index (χ4v) is 5.67. The molecule has 1 atom stereocenters. The van der Waals surface area contributed by atoms with Crippen molar-refractivity contribution >= 4 is 27.5 Å². The summed E-state index contributed by atoms with van der Waals surface area (Å²) in [7, 11) is 4.30. The van der Waals surface area contributed by atoms with Crippen molar-refractivity contribution < 1.29 is 14.3 Å². The minimum absolute atomic E-state index is 0.0388. The first-order valence-corrected chi connectivity index (χ1v) is 10.8. The molecule has 28 heavy (non-hydrogen) atoms. The van der Waals surface area contributed by atoms with Crippen LogP contribution in [-0.4, -0.2) is 60.2 Å². The highest BCUT2D eigenvalue weighted by Gasteiger charge is 2.31. The summed E-state index contributed by atoms with van der Waals surface area (Å²) in [6.45, 7) is 0.451. The van der Waals surface area contributed by atoms with Crippen LogP contribution < -0.4 is 10.5 Å². The molecular weight excluding hydrogens is 376 g/mol. The van der Waals surface area contributed by atoms with Gasteiger partial charge in [-0.15, -0.1) is 11.3 Å². The molecule has 0 bridgehead atoms. The average molecular weight is 405 g/mol. The summed E-state index contributed by atoms with van der Waals surface area (Å²) in [5, 5.41) is 1.04. The highest BCUT2D eigenvalue weighted by atomic mass is 32.1. The maximum atomic E-state index is 11.0. The predicted molar refractivity (Wildman–Crippen MR) is 109 cm³/mol. The van der Waals surface area contributed by atoms with Crippen molar-refractivity contribution in [1.82, 2.24) is 14.9 Å². The van der Waals surface area contributed by atoms with E-state index in [0.717, 1.165) is 48.7 Å². The number of carbonyl (C=O) groups excluding carboxylic acids is 1. The molecule has 152 valence electrons. The summed E-state index contributed by atoms with van der Waals surface area (Å²) in [4.78, 5) is 24.6. The minimum Gasteiger partial charge on any atom is -0.474 e. The lowest BCUT2D eigenvalue weighted by Gasteiger charge is -2.32. The lowest BCUT2D eigenvalue weighted by molar-refractivity contribution is -0.122. The van der Waals surface area contributed by atoms with E-state index in [0.29, 0.717) is 18.5 Å². The Morgan fingerprint density at radius 3 is 2.75 bits per heavy atom. The van der Waals surface area contributed by atoms with Gasteiger partial charge in [-0.2, -0.15) is 0 Å². The summed E-state index contributed by atoms with van der Waals surface area (Å²) >= 11 is 1.73. The number of ether oxygens (including phenoxy) is 2. The van der Waals surface area contributed by atoms with E-state index in [1.807, 2.05) is 0 Å². The summed E-state index contributed by atoms with van der Waals surface area (Å²) in [6.07, 6.45) is 8.22. The Kier molecular flexibility index (Phi) is 5.80. The van der Waals surface area contributed by atoms with Gasteiger partial charge in [0.15, 0.2) is 0 Å². The standard InChI is InChI=1S/C20H28N4O3S/c1-24(2)13-4-6-14(7-5-13)27-19-18-17-12(9-26-10-16(21)25)3-8-15(17)28-20(18)23-11-22-19/h11-14H,3-10H2,1-2H3,(H2,21,25)/t12-,13?,14?/m1/s1. The fraction of sp³-hybridized carbons (Fsp3) is 0.650. The Bertz CT molecular complexity index is 845. The van der Waals surface area contributed by atoms with E-state index < -0.39 is 5.91 Å². The molecule has 0 unspecified atom stereocenters. The molecule has 2 N–H and O–H groups in total. The van der Waals surface area contributed by atoms with Crippen LogP contribution in [0.2, 0.25) is 0 Å². The molecule has 0 spiro atoms. The molecule has 2 aromatic rings. The number of aryl methyl sites for hydroxylation is 1. The Morgan fingerprint density at radius 2 is 2.04 bits per heavy atom. The Labute approximate surface area is 169 Å². The molecule has 2 aromatic heterocycles. The van der Waals surface area contributed by atoms with Crippen LogP contribution >= 0.6 is 11.3 Å². The largest absolute Gasteiger partial charge is 0.474 e. The maximum absolute atomic E-state index is 11.0. The normalized spacial score (nSPS) is 24.6. The summed E-state index contributed by atoms with van der Waals surface area (Å²) < 4.78 is 11.9. The average Bonchev–Trinajstić information content (AvgIpc) is 3.22. The van der Waals surface area contributed by atoms with E-state index in [-0.39, 0.29) is 18.6 Å². The minimum atomic E-state index is -0.436. The monoisotopic (exact) mass is 404 g/mol. The number of fused-ring (bicyclic) bond motifs is 3. The number of rotatable bonds is 7. The molecule has 1 fully saturated rings. The third-order valence-corrected chi connectivity index (χ3v) is 7.08. The Hall–Kier alpha value is -1.77. The second kappa shape index (κ2) is 8.31. The van der Waals surface area contributed by atoms with Crippen molar-refractivity contribution in [3.63, 3.8) is 0 Å². The van der Waals surface area contributed by atoms with E-state index in [2.05, 4.69) is 29.0 Å². The van der Waals surface area contributed by atoms with Crippen molar-refractivity contribution in [2.24, 2.45) is 5.73 Å². The van der Waals surface area contributed by atoms with Gasteiger partial charge in [0.2, 0.25) is 11.8 Å². The van der Waals surface area contributed by atoms with Crippen LogP contribution in [0.25, 0.3) is 10.2 Å². The second-order valence-electron chi connectivity index (χ2n) is 8.03. The predicted octanol–water partition coefficient (Wildman–Crippen LogP) is 2.47. The lowest BCUT2D eigenvalue weighted by atomic mass is 9.92. The Balaban J connectivity index is 1.53. The van der Waals surface area contributed by atoms with Gasteiger partial charge in [-0.05, 0) is 58.2 Å². The SMILES string of the molecule is CN(C)C1CCC(Oc2ncnc3sc4c(c23)[C@@H](COCC(N)=O)CC4)CC1. The molecule has 2 aliphatic rings. The summed E-state index contributed by atoms with van der Waals surface area (Å²) in [5.41, 5.74) is 6.45. The van der Waals surface area contributed by atoms with Gasteiger partial charge in [-0.1, -0.05) is 0 Å². The molecule has 0 aromatic carbocycles. The van der Waals surface area contributed by atoms with Crippen molar-refractivity contribution in [3.8, 4) is 5.88 Å². The molecule has 0 saturated heterocycles. The van der Waals surface area contributed by atoms with Crippen molar-refractivity contribution in [2.75, 3.05) is 27.3 Å². The first-order valence-electron chi connectivity index (χ1n) is 9.98. The van der Waals surface area contributed by atoms with E-state index >= 15 is 0 Å². The van der Waals surface area contributed by atoms with Crippen LogP contribution in [0.3, 0.4) is 0 Å². The van der Waals surface area contributed by atoms with Gasteiger partial charge < -0.3 is 20.1 Å². The van der Waals surface area contributed by atoms with Crippen LogP contribution in [0.15, 0.2) is 6.33 Å². The molecule has 0 radical (unpaired) electrons. The zero-order chi connectivity index (χ0) is 19.7. The van der Waals surface area contributed by atoms with Crippen molar-refractivity contribution in [3.05, 3.63) is 16.8 Å². The van der Waals surface area contributed by atoms with Gasteiger partial charge in [0.1, 0.15) is 23.9 Å². The van der Waals surface area contributed by atoms with Gasteiger partial charge in [-0.3, -0.25) is 4.79 Å². The maximum Gasteiger partial charge on any atom is 0.243 e. The van der Waals surface area contributed by atoms with Gasteiger partial charge in [-0.25, -0.2) is 9.97 Å². The zero-order valence-corrected chi connectivity index (χ0v) is 17.3. The number of primary amides is 1. The highest BCUT2D eigenvalue weighted by Crippen LogP contribution is 2.46. The molecule has 0 aliphatic heterocycles. The van der Waals surface area contributed by atoms with E-state index in [1.165, 1.54) is 10.4 Å². The molecule has 4 rings (SSSR count). The number of aromatic nitrogens is 2. The third-order valence-electron chi connectivity index (χ3n) is 5.91. The third kappa shape index (κ3) is 3.99. The van der Waals surface area contributed by atoms with Gasteiger partial charge in [0, 0.05) is 16.8 Å². The molecule has 2 aliphatic carbocycles. The van der Waals surface area contributed by atoms with Crippen LogP contribution in [0.4, 0.5) is 0 Å². The van der Waals surface area contributed by atoms with Gasteiger partial charge in [0.05, 0.1) is 12.0 Å². The quantitative estimate of drug-likeness (QED) is 0.762. The number of nitrogens with zero attached hydrogens (tertiary/aromatic N) is 3. The van der Waals surface area contributed by atoms with Crippen LogP contribution in [-0.2, 0) is 16.0 Å². The highest BCUT2D eigenvalue weighted by molar-refractivity contribution is 7.19.